The minimum Gasteiger partial charge on any atom is -0.357 e. The number of hydrogen-bond acceptors (Lipinski definition) is 4. The predicted molar refractivity (Wildman–Crippen MR) is 126 cm³/mol. The summed E-state index contributed by atoms with van der Waals surface area (Å²) in [5.41, 5.74) is 0. The lowest BCUT2D eigenvalue weighted by molar-refractivity contribution is 0.280. The first-order valence-corrected chi connectivity index (χ1v) is 12.0. The summed E-state index contributed by atoms with van der Waals surface area (Å²) in [6, 6.07) is 4.66. The smallest absolute Gasteiger partial charge is 0.211 e. The molecule has 1 saturated heterocycles. The zero-order valence-corrected chi connectivity index (χ0v) is 20.7. The van der Waals surface area contributed by atoms with Crippen LogP contribution in [0.3, 0.4) is 0 Å². The summed E-state index contributed by atoms with van der Waals surface area (Å²) in [5.74, 6) is 1.29. The number of sulfonamides is 1. The predicted octanol–water partition coefficient (Wildman–Crippen LogP) is 2.83. The van der Waals surface area contributed by atoms with Crippen molar-refractivity contribution < 1.29 is 8.42 Å². The highest BCUT2D eigenvalue weighted by molar-refractivity contribution is 14.0. The van der Waals surface area contributed by atoms with Crippen molar-refractivity contribution in [2.75, 3.05) is 32.4 Å². The van der Waals surface area contributed by atoms with E-state index >= 15 is 0 Å². The number of thiophene rings is 1. The van der Waals surface area contributed by atoms with Crippen molar-refractivity contribution in [3.8, 4) is 0 Å². The molecule has 1 aliphatic rings. The van der Waals surface area contributed by atoms with E-state index in [1.54, 1.807) is 4.31 Å². The van der Waals surface area contributed by atoms with Gasteiger partial charge in [-0.15, -0.1) is 35.3 Å². The summed E-state index contributed by atoms with van der Waals surface area (Å²) >= 11 is 1.84. The van der Waals surface area contributed by atoms with Crippen LogP contribution in [0.1, 0.15) is 36.4 Å². The zero-order valence-electron chi connectivity index (χ0n) is 16.7. The minimum absolute atomic E-state index is 0. The average molecular weight is 529 g/mol. The van der Waals surface area contributed by atoms with Gasteiger partial charge in [-0.1, -0.05) is 0 Å². The largest absolute Gasteiger partial charge is 0.357 e. The monoisotopic (exact) mass is 528 g/mol. The molecule has 0 radical (unpaired) electrons. The van der Waals surface area contributed by atoms with Crippen molar-refractivity contribution in [1.82, 2.24) is 14.9 Å². The molecule has 1 aromatic heterocycles. The average Bonchev–Trinajstić information content (AvgIpc) is 2.97. The Morgan fingerprint density at radius 3 is 2.56 bits per heavy atom. The van der Waals surface area contributed by atoms with Crippen molar-refractivity contribution in [3.63, 3.8) is 0 Å². The van der Waals surface area contributed by atoms with Crippen molar-refractivity contribution >= 4 is 51.3 Å². The van der Waals surface area contributed by atoms with Gasteiger partial charge in [-0.3, -0.25) is 4.99 Å². The Balaban J connectivity index is 0.00000364. The van der Waals surface area contributed by atoms with E-state index in [9.17, 15) is 8.42 Å². The van der Waals surface area contributed by atoms with E-state index in [1.807, 2.05) is 11.3 Å². The standard InChI is InChI=1S/C18H32N4O2S2.HI/c1-5-19-18(21-14(2)12-17-7-6-15(3)25-17)20-13-16-8-10-22(11-9-16)26(4,23)24;/h6-7,14,16H,5,8-13H2,1-4H3,(H2,19,20,21);1H. The molecule has 2 heterocycles. The van der Waals surface area contributed by atoms with Crippen LogP contribution in [0, 0.1) is 12.8 Å². The fourth-order valence-corrected chi connectivity index (χ4v) is 5.04. The Morgan fingerprint density at radius 2 is 2.04 bits per heavy atom. The van der Waals surface area contributed by atoms with E-state index in [-0.39, 0.29) is 24.0 Å². The van der Waals surface area contributed by atoms with Gasteiger partial charge in [0.2, 0.25) is 10.0 Å². The van der Waals surface area contributed by atoms with Gasteiger partial charge < -0.3 is 10.6 Å². The van der Waals surface area contributed by atoms with E-state index in [4.69, 9.17) is 4.99 Å². The highest BCUT2D eigenvalue weighted by atomic mass is 127. The van der Waals surface area contributed by atoms with E-state index in [1.165, 1.54) is 16.0 Å². The molecule has 0 bridgehead atoms. The lowest BCUT2D eigenvalue weighted by Crippen LogP contribution is -2.43. The van der Waals surface area contributed by atoms with E-state index in [0.717, 1.165) is 38.3 Å². The lowest BCUT2D eigenvalue weighted by atomic mass is 9.98. The van der Waals surface area contributed by atoms with Gasteiger partial charge in [0.1, 0.15) is 0 Å². The number of nitrogens with one attached hydrogen (secondary N) is 2. The molecule has 27 heavy (non-hydrogen) atoms. The SMILES string of the molecule is CCNC(=NCC1CCN(S(C)(=O)=O)CC1)NC(C)Cc1ccc(C)s1.I. The molecule has 1 atom stereocenters. The maximum atomic E-state index is 11.6. The number of nitrogens with zero attached hydrogens (tertiary/aromatic N) is 2. The summed E-state index contributed by atoms with van der Waals surface area (Å²) in [7, 11) is -3.06. The third-order valence-electron chi connectivity index (χ3n) is 4.58. The molecule has 6 nitrogen and oxygen atoms in total. The number of halogens is 1. The van der Waals surface area contributed by atoms with Gasteiger partial charge in [0.05, 0.1) is 6.26 Å². The number of rotatable bonds is 7. The van der Waals surface area contributed by atoms with E-state index in [2.05, 4.69) is 43.5 Å². The molecule has 1 unspecified atom stereocenters. The Morgan fingerprint density at radius 1 is 1.37 bits per heavy atom. The summed E-state index contributed by atoms with van der Waals surface area (Å²) in [6.45, 7) is 9.14. The van der Waals surface area contributed by atoms with Crippen LogP contribution >= 0.6 is 35.3 Å². The summed E-state index contributed by atoms with van der Waals surface area (Å²) in [4.78, 5) is 7.46. The van der Waals surface area contributed by atoms with Crippen LogP contribution in [-0.2, 0) is 16.4 Å². The van der Waals surface area contributed by atoms with Gasteiger partial charge in [0.25, 0.3) is 0 Å². The van der Waals surface area contributed by atoms with Crippen LogP contribution in [0.2, 0.25) is 0 Å². The van der Waals surface area contributed by atoms with Crippen molar-refractivity contribution in [2.45, 2.75) is 46.1 Å². The summed E-state index contributed by atoms with van der Waals surface area (Å²) in [5, 5.41) is 6.80. The van der Waals surface area contributed by atoms with Crippen molar-refractivity contribution in [1.29, 1.82) is 0 Å². The molecular weight excluding hydrogens is 495 g/mol. The van der Waals surface area contributed by atoms with Gasteiger partial charge in [0, 0.05) is 48.4 Å². The molecule has 0 spiro atoms. The van der Waals surface area contributed by atoms with E-state index in [0.29, 0.717) is 25.0 Å². The second-order valence-electron chi connectivity index (χ2n) is 7.09. The Bertz CT molecular complexity index is 698. The third kappa shape index (κ3) is 8.66. The fraction of sp³-hybridized carbons (Fsp3) is 0.722. The highest BCUT2D eigenvalue weighted by Gasteiger charge is 2.24. The molecule has 2 rings (SSSR count). The first-order chi connectivity index (χ1) is 12.3. The van der Waals surface area contributed by atoms with Crippen LogP contribution in [0.4, 0.5) is 0 Å². The number of aliphatic imine (C=N–C) groups is 1. The van der Waals surface area contributed by atoms with Crippen LogP contribution < -0.4 is 10.6 Å². The third-order valence-corrected chi connectivity index (χ3v) is 6.91. The summed E-state index contributed by atoms with van der Waals surface area (Å²) < 4.78 is 24.8. The van der Waals surface area contributed by atoms with Crippen LogP contribution in [-0.4, -0.2) is 57.2 Å². The molecule has 1 fully saturated rings. The Labute approximate surface area is 185 Å². The quantitative estimate of drug-likeness (QED) is 0.325. The molecule has 0 saturated carbocycles. The first kappa shape index (κ1) is 24.6. The minimum atomic E-state index is -3.06. The molecule has 2 N–H and O–H groups in total. The van der Waals surface area contributed by atoms with Gasteiger partial charge >= 0.3 is 0 Å². The van der Waals surface area contributed by atoms with Gasteiger partial charge in [-0.25, -0.2) is 12.7 Å². The molecule has 156 valence electrons. The van der Waals surface area contributed by atoms with Gasteiger partial charge in [-0.2, -0.15) is 0 Å². The molecule has 0 aromatic carbocycles. The molecule has 0 aliphatic carbocycles. The Hall–Kier alpha value is -0.390. The molecule has 1 aliphatic heterocycles. The normalized spacial score (nSPS) is 18.0. The number of piperidine rings is 1. The van der Waals surface area contributed by atoms with Crippen LogP contribution in [0.25, 0.3) is 0 Å². The van der Waals surface area contributed by atoms with Crippen molar-refractivity contribution in [3.05, 3.63) is 21.9 Å². The molecule has 0 amide bonds. The maximum absolute atomic E-state index is 11.6. The second-order valence-corrected chi connectivity index (χ2v) is 10.4. The fourth-order valence-electron chi connectivity index (χ4n) is 3.14. The van der Waals surface area contributed by atoms with E-state index < -0.39 is 10.0 Å². The van der Waals surface area contributed by atoms with Gasteiger partial charge in [-0.05, 0) is 51.7 Å². The van der Waals surface area contributed by atoms with Crippen LogP contribution in [0.5, 0.6) is 0 Å². The summed E-state index contributed by atoms with van der Waals surface area (Å²) in [6.07, 6.45) is 4.02. The maximum Gasteiger partial charge on any atom is 0.211 e. The zero-order chi connectivity index (χ0) is 19.2. The number of hydrogen-bond donors (Lipinski definition) is 2. The van der Waals surface area contributed by atoms with Crippen LogP contribution in [0.15, 0.2) is 17.1 Å². The van der Waals surface area contributed by atoms with Gasteiger partial charge in [0.15, 0.2) is 5.96 Å². The molecule has 9 heteroatoms. The molecular formula is C18H33IN4O2S2. The number of guanidine groups is 1. The Kier molecular flexibility index (Phi) is 10.6. The topological polar surface area (TPSA) is 73.8 Å². The lowest BCUT2D eigenvalue weighted by Gasteiger charge is -2.29. The van der Waals surface area contributed by atoms with Crippen molar-refractivity contribution in [2.24, 2.45) is 10.9 Å². The second kappa shape index (κ2) is 11.6. The first-order valence-electron chi connectivity index (χ1n) is 9.33. The highest BCUT2D eigenvalue weighted by Crippen LogP contribution is 2.19. The number of aryl methyl sites for hydroxylation is 1. The molecule has 1 aromatic rings.